The zero-order valence-electron chi connectivity index (χ0n) is 14.1. The molecule has 0 bridgehead atoms. The van der Waals surface area contributed by atoms with Crippen molar-refractivity contribution in [1.29, 1.82) is 0 Å². The van der Waals surface area contributed by atoms with Gasteiger partial charge in [-0.3, -0.25) is 4.79 Å². The van der Waals surface area contributed by atoms with E-state index in [1.54, 1.807) is 0 Å². The number of anilines is 1. The highest BCUT2D eigenvalue weighted by molar-refractivity contribution is 5.93. The van der Waals surface area contributed by atoms with Crippen molar-refractivity contribution in [2.24, 2.45) is 0 Å². The Morgan fingerprint density at radius 2 is 1.79 bits per heavy atom. The van der Waals surface area contributed by atoms with Crippen molar-refractivity contribution >= 4 is 11.6 Å². The molecule has 1 N–H and O–H groups in total. The average molecular weight is 320 g/mol. The topological polar surface area (TPSA) is 55.1 Å². The van der Waals surface area contributed by atoms with Crippen LogP contribution in [0.1, 0.15) is 22.6 Å². The second-order valence-corrected chi connectivity index (χ2v) is 5.86. The molecule has 0 unspecified atom stereocenters. The van der Waals surface area contributed by atoms with E-state index in [9.17, 15) is 4.79 Å². The summed E-state index contributed by atoms with van der Waals surface area (Å²) >= 11 is 0. The van der Waals surface area contributed by atoms with Gasteiger partial charge in [-0.1, -0.05) is 30.3 Å². The lowest BCUT2D eigenvalue weighted by atomic mass is 10.1. The molecular formula is C20H20N2O2. The predicted molar refractivity (Wildman–Crippen MR) is 94.9 cm³/mol. The van der Waals surface area contributed by atoms with Gasteiger partial charge in [0, 0.05) is 11.3 Å². The van der Waals surface area contributed by atoms with Gasteiger partial charge in [0.1, 0.15) is 5.76 Å². The summed E-state index contributed by atoms with van der Waals surface area (Å²) in [5.41, 5.74) is 4.63. The molecule has 3 aromatic rings. The molecule has 0 aliphatic carbocycles. The van der Waals surface area contributed by atoms with Crippen molar-refractivity contribution in [2.75, 3.05) is 5.32 Å². The number of hydrogen-bond acceptors (Lipinski definition) is 3. The van der Waals surface area contributed by atoms with Gasteiger partial charge < -0.3 is 9.73 Å². The number of carbonyl (C=O) groups excluding carboxylic acids is 1. The number of oxazole rings is 1. The third kappa shape index (κ3) is 3.38. The minimum atomic E-state index is -0.0975. The first kappa shape index (κ1) is 16.0. The standard InChI is InChI=1S/C20H20N2O2/c1-13-8-7-11-17(14(13)2)21-19(23)12-18-15(3)24-20(22-18)16-9-5-4-6-10-16/h4-11H,12H2,1-3H3,(H,21,23). The molecule has 1 aromatic heterocycles. The van der Waals surface area contributed by atoms with Crippen LogP contribution in [0.2, 0.25) is 0 Å². The van der Waals surface area contributed by atoms with Crippen molar-refractivity contribution in [1.82, 2.24) is 4.98 Å². The monoisotopic (exact) mass is 320 g/mol. The van der Waals surface area contributed by atoms with E-state index in [1.807, 2.05) is 69.3 Å². The Labute approximate surface area is 141 Å². The number of nitrogens with zero attached hydrogens (tertiary/aromatic N) is 1. The summed E-state index contributed by atoms with van der Waals surface area (Å²) in [6, 6.07) is 15.6. The molecule has 0 saturated carbocycles. The van der Waals surface area contributed by atoms with Crippen LogP contribution in [-0.4, -0.2) is 10.9 Å². The summed E-state index contributed by atoms with van der Waals surface area (Å²) in [6.07, 6.45) is 0.190. The van der Waals surface area contributed by atoms with Crippen molar-refractivity contribution in [3.05, 3.63) is 71.1 Å². The Morgan fingerprint density at radius 3 is 2.54 bits per heavy atom. The van der Waals surface area contributed by atoms with E-state index in [0.717, 1.165) is 22.4 Å². The molecule has 122 valence electrons. The summed E-state index contributed by atoms with van der Waals surface area (Å²) in [5, 5.41) is 2.96. The van der Waals surface area contributed by atoms with Crippen LogP contribution in [0.4, 0.5) is 5.69 Å². The first-order valence-corrected chi connectivity index (χ1v) is 7.92. The van der Waals surface area contributed by atoms with Gasteiger partial charge in [0.25, 0.3) is 0 Å². The summed E-state index contributed by atoms with van der Waals surface area (Å²) in [5.74, 6) is 1.12. The quantitative estimate of drug-likeness (QED) is 0.773. The molecular weight excluding hydrogens is 300 g/mol. The van der Waals surface area contributed by atoms with Crippen molar-refractivity contribution < 1.29 is 9.21 Å². The Bertz CT molecular complexity index is 867. The first-order valence-electron chi connectivity index (χ1n) is 7.92. The number of rotatable bonds is 4. The second-order valence-electron chi connectivity index (χ2n) is 5.86. The number of carbonyl (C=O) groups is 1. The molecule has 0 atom stereocenters. The predicted octanol–water partition coefficient (Wildman–Crippen LogP) is 4.45. The van der Waals surface area contributed by atoms with Crippen LogP contribution in [0.15, 0.2) is 52.9 Å². The maximum atomic E-state index is 12.4. The second kappa shape index (κ2) is 6.71. The molecule has 0 fully saturated rings. The van der Waals surface area contributed by atoms with E-state index in [4.69, 9.17) is 4.42 Å². The SMILES string of the molecule is Cc1cccc(NC(=O)Cc2nc(-c3ccccc3)oc2C)c1C. The van der Waals surface area contributed by atoms with E-state index >= 15 is 0 Å². The van der Waals surface area contributed by atoms with E-state index in [2.05, 4.69) is 10.3 Å². The molecule has 1 heterocycles. The molecule has 24 heavy (non-hydrogen) atoms. The summed E-state index contributed by atoms with van der Waals surface area (Å²) in [7, 11) is 0. The van der Waals surface area contributed by atoms with Gasteiger partial charge in [-0.15, -0.1) is 0 Å². The fourth-order valence-corrected chi connectivity index (χ4v) is 2.53. The zero-order chi connectivity index (χ0) is 17.1. The normalized spacial score (nSPS) is 10.6. The van der Waals surface area contributed by atoms with Crippen molar-refractivity contribution in [3.8, 4) is 11.5 Å². The number of aromatic nitrogens is 1. The fraction of sp³-hybridized carbons (Fsp3) is 0.200. The molecule has 2 aromatic carbocycles. The minimum Gasteiger partial charge on any atom is -0.441 e. The fourth-order valence-electron chi connectivity index (χ4n) is 2.53. The highest BCUT2D eigenvalue weighted by Gasteiger charge is 2.15. The van der Waals surface area contributed by atoms with Crippen LogP contribution in [0.25, 0.3) is 11.5 Å². The maximum Gasteiger partial charge on any atom is 0.230 e. The van der Waals surface area contributed by atoms with Crippen LogP contribution < -0.4 is 5.32 Å². The molecule has 1 amide bonds. The van der Waals surface area contributed by atoms with Crippen LogP contribution >= 0.6 is 0 Å². The molecule has 0 aliphatic heterocycles. The van der Waals surface area contributed by atoms with Crippen LogP contribution in [0, 0.1) is 20.8 Å². The van der Waals surface area contributed by atoms with E-state index in [1.165, 1.54) is 0 Å². The molecule has 0 spiro atoms. The van der Waals surface area contributed by atoms with Gasteiger partial charge in [-0.2, -0.15) is 0 Å². The van der Waals surface area contributed by atoms with Crippen molar-refractivity contribution in [2.45, 2.75) is 27.2 Å². The van der Waals surface area contributed by atoms with Crippen molar-refractivity contribution in [3.63, 3.8) is 0 Å². The number of amides is 1. The van der Waals surface area contributed by atoms with E-state index in [-0.39, 0.29) is 12.3 Å². The largest absolute Gasteiger partial charge is 0.441 e. The average Bonchev–Trinajstić information content (AvgIpc) is 2.93. The Morgan fingerprint density at radius 1 is 1.04 bits per heavy atom. The van der Waals surface area contributed by atoms with Gasteiger partial charge in [0.05, 0.1) is 12.1 Å². The van der Waals surface area contributed by atoms with Crippen LogP contribution in [0.5, 0.6) is 0 Å². The highest BCUT2D eigenvalue weighted by Crippen LogP contribution is 2.22. The third-order valence-electron chi connectivity index (χ3n) is 4.12. The molecule has 0 aliphatic rings. The molecule has 4 nitrogen and oxygen atoms in total. The number of benzene rings is 2. The minimum absolute atomic E-state index is 0.0975. The number of aryl methyl sites for hydroxylation is 2. The highest BCUT2D eigenvalue weighted by atomic mass is 16.4. The summed E-state index contributed by atoms with van der Waals surface area (Å²) in [6.45, 7) is 5.86. The molecule has 0 radical (unpaired) electrons. The summed E-state index contributed by atoms with van der Waals surface area (Å²) < 4.78 is 5.70. The Hall–Kier alpha value is -2.88. The smallest absolute Gasteiger partial charge is 0.230 e. The Balaban J connectivity index is 1.75. The van der Waals surface area contributed by atoms with Gasteiger partial charge in [-0.25, -0.2) is 4.98 Å². The molecule has 0 saturated heterocycles. The molecule has 4 heteroatoms. The number of nitrogens with one attached hydrogen (secondary N) is 1. The lowest BCUT2D eigenvalue weighted by molar-refractivity contribution is -0.115. The van der Waals surface area contributed by atoms with Gasteiger partial charge in [0.15, 0.2) is 0 Å². The maximum absolute atomic E-state index is 12.4. The molecule has 3 rings (SSSR count). The lowest BCUT2D eigenvalue weighted by Crippen LogP contribution is -2.16. The summed E-state index contributed by atoms with van der Waals surface area (Å²) in [4.78, 5) is 16.8. The van der Waals surface area contributed by atoms with Crippen LogP contribution in [-0.2, 0) is 11.2 Å². The Kier molecular flexibility index (Phi) is 4.47. The number of hydrogen-bond donors (Lipinski definition) is 1. The first-order chi connectivity index (χ1) is 11.5. The van der Waals surface area contributed by atoms with E-state index in [0.29, 0.717) is 17.3 Å². The van der Waals surface area contributed by atoms with Crippen LogP contribution in [0.3, 0.4) is 0 Å². The van der Waals surface area contributed by atoms with Gasteiger partial charge in [0.2, 0.25) is 11.8 Å². The van der Waals surface area contributed by atoms with Gasteiger partial charge in [-0.05, 0) is 50.1 Å². The third-order valence-corrected chi connectivity index (χ3v) is 4.12. The van der Waals surface area contributed by atoms with E-state index < -0.39 is 0 Å². The van der Waals surface area contributed by atoms with Gasteiger partial charge >= 0.3 is 0 Å². The lowest BCUT2D eigenvalue weighted by Gasteiger charge is -2.09. The zero-order valence-corrected chi connectivity index (χ0v) is 14.1.